The molecule has 0 nitrogen and oxygen atoms in total. The maximum Gasteiger partial charge on any atom is 0.0247 e. The van der Waals surface area contributed by atoms with Crippen LogP contribution in [0.15, 0.2) is 48.1 Å². The summed E-state index contributed by atoms with van der Waals surface area (Å²) in [6, 6.07) is 4.85. The van der Waals surface area contributed by atoms with Crippen LogP contribution in [0.4, 0.5) is 0 Å². The zero-order valence-corrected chi connectivity index (χ0v) is 24.0. The van der Waals surface area contributed by atoms with Gasteiger partial charge in [-0.15, -0.1) is 0 Å². The molecule has 190 valence electrons. The molecule has 3 aliphatic rings. The van der Waals surface area contributed by atoms with Crippen LogP contribution in [0.3, 0.4) is 0 Å². The average molecular weight is 536 g/mol. The molecule has 1 aromatic rings. The number of rotatable bonds is 14. The quantitative estimate of drug-likeness (QED) is 0.208. The Kier molecular flexibility index (Phi) is 10.6. The summed E-state index contributed by atoms with van der Waals surface area (Å²) in [5, 5.41) is 3.00. The Hall–Kier alpha value is -1.34. The van der Waals surface area contributed by atoms with Crippen molar-refractivity contribution >= 4 is 26.0 Å². The van der Waals surface area contributed by atoms with Crippen molar-refractivity contribution in [1.29, 1.82) is 0 Å². The molecule has 0 spiro atoms. The van der Waals surface area contributed by atoms with Crippen LogP contribution in [-0.4, -0.2) is 0 Å². The standard InChI is InChI=1S/C34H47Br/c1-3-5-7-9-11-13-15-26-17-18-27-19-21-30-29(32(27)25-26)22-23-31-33(35)24-20-28(34(30)31)16-14-12-10-8-6-4-2/h17-20,22-24,26,28H,3-16,21,25H2,1-2H3. The summed E-state index contributed by atoms with van der Waals surface area (Å²) in [5.41, 5.74) is 6.36. The maximum absolute atomic E-state index is 3.88. The Bertz CT molecular complexity index is 1050. The summed E-state index contributed by atoms with van der Waals surface area (Å²) in [6.07, 6.45) is 33.8. The Labute approximate surface area is 223 Å². The first-order valence-electron chi connectivity index (χ1n) is 14.8. The van der Waals surface area contributed by atoms with Gasteiger partial charge in [0, 0.05) is 10.4 Å². The lowest BCUT2D eigenvalue weighted by atomic mass is 9.77. The normalized spacial score (nSPS) is 20.5. The lowest BCUT2D eigenvalue weighted by Gasteiger charge is -2.28. The predicted molar refractivity (Wildman–Crippen MR) is 158 cm³/mol. The summed E-state index contributed by atoms with van der Waals surface area (Å²) in [5.74, 6) is 1.29. The van der Waals surface area contributed by atoms with E-state index < -0.39 is 0 Å². The number of fused-ring (bicyclic) bond motifs is 4. The van der Waals surface area contributed by atoms with Gasteiger partial charge in [-0.05, 0) is 64.3 Å². The summed E-state index contributed by atoms with van der Waals surface area (Å²) in [4.78, 5) is 0. The van der Waals surface area contributed by atoms with E-state index in [1.165, 1.54) is 112 Å². The van der Waals surface area contributed by atoms with Crippen LogP contribution in [0.5, 0.6) is 0 Å². The zero-order valence-electron chi connectivity index (χ0n) is 22.4. The molecule has 0 saturated carbocycles. The molecule has 2 unspecified atom stereocenters. The Morgan fingerprint density at radius 2 is 1.40 bits per heavy atom. The smallest absolute Gasteiger partial charge is 0.0247 e. The fourth-order valence-electron chi connectivity index (χ4n) is 6.41. The fraction of sp³-hybridized carbons (Fsp3) is 0.588. The molecule has 0 fully saturated rings. The van der Waals surface area contributed by atoms with E-state index in [1.807, 2.05) is 0 Å². The Morgan fingerprint density at radius 1 is 0.743 bits per heavy atom. The molecule has 0 aliphatic heterocycles. The average Bonchev–Trinajstić information content (AvgIpc) is 2.88. The molecule has 3 aliphatic carbocycles. The molecule has 0 N–H and O–H groups in total. The maximum atomic E-state index is 3.88. The van der Waals surface area contributed by atoms with E-state index in [2.05, 4.69) is 72.3 Å². The number of halogens is 1. The molecule has 0 bridgehead atoms. The highest BCUT2D eigenvalue weighted by molar-refractivity contribution is 9.15. The number of hydrogen-bond acceptors (Lipinski definition) is 0. The van der Waals surface area contributed by atoms with Gasteiger partial charge >= 0.3 is 0 Å². The van der Waals surface area contributed by atoms with E-state index in [0.717, 1.165) is 6.42 Å². The highest BCUT2D eigenvalue weighted by Crippen LogP contribution is 2.35. The van der Waals surface area contributed by atoms with Gasteiger partial charge in [0.1, 0.15) is 0 Å². The second kappa shape index (κ2) is 13.8. The minimum absolute atomic E-state index is 0.570. The molecule has 0 radical (unpaired) electrons. The van der Waals surface area contributed by atoms with Gasteiger partial charge in [-0.1, -0.05) is 149 Å². The second-order valence-electron chi connectivity index (χ2n) is 11.1. The second-order valence-corrected chi connectivity index (χ2v) is 12.0. The molecule has 35 heavy (non-hydrogen) atoms. The first-order valence-corrected chi connectivity index (χ1v) is 15.6. The van der Waals surface area contributed by atoms with Crippen LogP contribution < -0.4 is 10.4 Å². The van der Waals surface area contributed by atoms with E-state index in [-0.39, 0.29) is 0 Å². The topological polar surface area (TPSA) is 0 Å². The number of unbranched alkanes of at least 4 members (excludes halogenated alkanes) is 10. The van der Waals surface area contributed by atoms with Crippen molar-refractivity contribution in [2.45, 2.75) is 122 Å². The van der Waals surface area contributed by atoms with E-state index in [9.17, 15) is 0 Å². The largest absolute Gasteiger partial charge is 0.0805 e. The van der Waals surface area contributed by atoms with E-state index in [1.54, 1.807) is 21.9 Å². The third-order valence-corrected chi connectivity index (χ3v) is 9.16. The van der Waals surface area contributed by atoms with Crippen LogP contribution in [-0.2, 0) is 6.42 Å². The fourth-order valence-corrected chi connectivity index (χ4v) is 6.91. The number of allylic oxidation sites excluding steroid dienone is 6. The van der Waals surface area contributed by atoms with Crippen LogP contribution in [0.1, 0.15) is 127 Å². The lowest BCUT2D eigenvalue weighted by Crippen LogP contribution is -2.30. The molecule has 0 aromatic heterocycles. The lowest BCUT2D eigenvalue weighted by molar-refractivity contribution is 0.522. The monoisotopic (exact) mass is 534 g/mol. The molecule has 4 rings (SSSR count). The third kappa shape index (κ3) is 6.91. The van der Waals surface area contributed by atoms with Crippen LogP contribution >= 0.6 is 15.9 Å². The molecular formula is C34H47Br. The van der Waals surface area contributed by atoms with Crippen molar-refractivity contribution in [2.75, 3.05) is 0 Å². The van der Waals surface area contributed by atoms with Crippen molar-refractivity contribution in [3.05, 3.63) is 69.7 Å². The molecule has 1 heteroatoms. The van der Waals surface area contributed by atoms with Crippen molar-refractivity contribution in [3.8, 4) is 0 Å². The van der Waals surface area contributed by atoms with Gasteiger partial charge in [0.05, 0.1) is 0 Å². The summed E-state index contributed by atoms with van der Waals surface area (Å²) >= 11 is 3.88. The van der Waals surface area contributed by atoms with Crippen molar-refractivity contribution in [2.24, 2.45) is 5.92 Å². The molecule has 0 saturated heterocycles. The molecule has 1 aromatic carbocycles. The van der Waals surface area contributed by atoms with Gasteiger partial charge in [0.2, 0.25) is 0 Å². The SMILES string of the molecule is CCCCCCCCC1C=CC2=CCc3c4c(ccc3=C2C1)=C(Br)C=CC4CCCCCCCC. The van der Waals surface area contributed by atoms with Gasteiger partial charge in [0.15, 0.2) is 0 Å². The van der Waals surface area contributed by atoms with Gasteiger partial charge in [-0.25, -0.2) is 0 Å². The van der Waals surface area contributed by atoms with Crippen LogP contribution in [0.2, 0.25) is 0 Å². The van der Waals surface area contributed by atoms with Gasteiger partial charge in [-0.3, -0.25) is 0 Å². The van der Waals surface area contributed by atoms with E-state index >= 15 is 0 Å². The Balaban J connectivity index is 1.50. The highest BCUT2D eigenvalue weighted by atomic mass is 79.9. The first-order chi connectivity index (χ1) is 17.2. The van der Waals surface area contributed by atoms with Crippen LogP contribution in [0, 0.1) is 5.92 Å². The minimum atomic E-state index is 0.570. The summed E-state index contributed by atoms with van der Waals surface area (Å²) in [6.45, 7) is 4.61. The third-order valence-electron chi connectivity index (χ3n) is 8.47. The number of benzene rings is 1. The Morgan fingerprint density at radius 3 is 2.14 bits per heavy atom. The summed E-state index contributed by atoms with van der Waals surface area (Å²) < 4.78 is 1.26. The zero-order chi connectivity index (χ0) is 24.5. The van der Waals surface area contributed by atoms with E-state index in [4.69, 9.17) is 0 Å². The van der Waals surface area contributed by atoms with Crippen LogP contribution in [0.25, 0.3) is 10.1 Å². The highest BCUT2D eigenvalue weighted by Gasteiger charge is 2.24. The molecule has 0 heterocycles. The van der Waals surface area contributed by atoms with Gasteiger partial charge in [0.25, 0.3) is 0 Å². The first kappa shape index (κ1) is 26.7. The molecule has 2 atom stereocenters. The van der Waals surface area contributed by atoms with Gasteiger partial charge < -0.3 is 0 Å². The van der Waals surface area contributed by atoms with E-state index in [0.29, 0.717) is 11.8 Å². The van der Waals surface area contributed by atoms with Crippen molar-refractivity contribution in [3.63, 3.8) is 0 Å². The minimum Gasteiger partial charge on any atom is -0.0805 e. The summed E-state index contributed by atoms with van der Waals surface area (Å²) in [7, 11) is 0. The van der Waals surface area contributed by atoms with Crippen molar-refractivity contribution in [1.82, 2.24) is 0 Å². The predicted octanol–water partition coefficient (Wildman–Crippen LogP) is 9.55. The van der Waals surface area contributed by atoms with Crippen molar-refractivity contribution < 1.29 is 0 Å². The molecular weight excluding hydrogens is 488 g/mol. The van der Waals surface area contributed by atoms with Gasteiger partial charge in [-0.2, -0.15) is 0 Å². The number of hydrogen-bond donors (Lipinski definition) is 0. The molecule has 0 amide bonds.